The van der Waals surface area contributed by atoms with Gasteiger partial charge in [0.2, 0.25) is 12.7 Å². The average molecular weight is 480 g/mol. The van der Waals surface area contributed by atoms with E-state index >= 15 is 4.39 Å². The molecule has 1 saturated heterocycles. The molecular weight excluding hydrogens is 456 g/mol. The van der Waals surface area contributed by atoms with E-state index in [0.717, 1.165) is 12.4 Å². The minimum Gasteiger partial charge on any atom is -0.445 e. The molecule has 0 saturated carbocycles. The minimum atomic E-state index is -1.05. The van der Waals surface area contributed by atoms with Gasteiger partial charge in [0.1, 0.15) is 11.5 Å². The molecule has 9 nitrogen and oxygen atoms in total. The van der Waals surface area contributed by atoms with E-state index in [1.165, 1.54) is 23.9 Å². The quantitative estimate of drug-likeness (QED) is 0.621. The number of carbonyl (C=O) groups excluding carboxylic acids is 1. The number of nitrogens with zero attached hydrogens (tertiary/aromatic N) is 3. The molecule has 12 heteroatoms. The first-order chi connectivity index (χ1) is 15.9. The smallest absolute Gasteiger partial charge is 0.275 e. The zero-order valence-electron chi connectivity index (χ0n) is 17.8. The van der Waals surface area contributed by atoms with Crippen LogP contribution in [0.4, 0.5) is 14.5 Å². The van der Waals surface area contributed by atoms with Gasteiger partial charge in [-0.15, -0.1) is 0 Å². The number of anilines is 1. The van der Waals surface area contributed by atoms with Crippen LogP contribution in [-0.2, 0) is 15.0 Å². The van der Waals surface area contributed by atoms with Crippen LogP contribution >= 0.6 is 11.8 Å². The van der Waals surface area contributed by atoms with Crippen molar-refractivity contribution < 1.29 is 27.8 Å². The van der Waals surface area contributed by atoms with Gasteiger partial charge in [-0.25, -0.2) is 18.7 Å². The summed E-state index contributed by atoms with van der Waals surface area (Å²) in [5.41, 5.74) is 5.80. The van der Waals surface area contributed by atoms with Gasteiger partial charge in [0.25, 0.3) is 5.91 Å². The van der Waals surface area contributed by atoms with E-state index in [1.54, 1.807) is 13.2 Å². The van der Waals surface area contributed by atoms with Crippen LogP contribution in [0.1, 0.15) is 22.5 Å². The summed E-state index contributed by atoms with van der Waals surface area (Å²) in [5, 5.41) is 3.07. The van der Waals surface area contributed by atoms with Gasteiger partial charge in [0.15, 0.2) is 5.17 Å². The number of thioether (sulfide) groups is 1. The normalized spacial score (nSPS) is 24.5. The number of hydrogen-bond acceptors (Lipinski definition) is 9. The lowest BCUT2D eigenvalue weighted by Gasteiger charge is -2.46. The fraction of sp³-hybridized carbons (Fsp3) is 0.429. The number of nitrogens with one attached hydrogen (secondary N) is 1. The summed E-state index contributed by atoms with van der Waals surface area (Å²) in [4.78, 5) is 25.1. The number of carbonyl (C=O) groups is 1. The molecule has 1 fully saturated rings. The number of halogens is 2. The highest BCUT2D eigenvalue weighted by Crippen LogP contribution is 2.48. The highest BCUT2D eigenvalue weighted by atomic mass is 32.2. The summed E-state index contributed by atoms with van der Waals surface area (Å²) < 4.78 is 43.1. The molecule has 0 unspecified atom stereocenters. The van der Waals surface area contributed by atoms with Gasteiger partial charge < -0.3 is 25.3 Å². The second-order valence-electron chi connectivity index (χ2n) is 7.64. The maximum absolute atomic E-state index is 15.2. The lowest BCUT2D eigenvalue weighted by atomic mass is 9.73. The monoisotopic (exact) mass is 479 g/mol. The Morgan fingerprint density at radius 2 is 2.24 bits per heavy atom. The molecule has 3 N–H and O–H groups in total. The molecule has 33 heavy (non-hydrogen) atoms. The SMILES string of the molecule is COC[C@H]1C[C@]2(c3cc(NC(=O)c4cnc(OCF)cn4)ccc3F)N=C(N)SC[C@@H]2CO1. The molecule has 0 spiro atoms. The van der Waals surface area contributed by atoms with Crippen molar-refractivity contribution in [3.8, 4) is 5.88 Å². The third-order valence-corrected chi connectivity index (χ3v) is 6.55. The van der Waals surface area contributed by atoms with Gasteiger partial charge >= 0.3 is 0 Å². The van der Waals surface area contributed by atoms with Gasteiger partial charge in [-0.05, 0) is 18.2 Å². The standard InChI is InChI=1S/C21H23F2N5O4S/c1-30-9-14-5-21(12(8-31-14)10-33-20(24)28-21)15-4-13(2-3-16(15)23)27-19(29)17-6-26-18(7-25-17)32-11-22/h2-4,6-7,12,14H,5,8-11H2,1H3,(H2,24,28)(H,27,29)/t12-,14+,21-/m0/s1. The van der Waals surface area contributed by atoms with Crippen molar-refractivity contribution in [2.24, 2.45) is 16.6 Å². The molecular formula is C21H23F2N5O4S. The van der Waals surface area contributed by atoms with Crippen LogP contribution in [0.3, 0.4) is 0 Å². The number of benzene rings is 1. The van der Waals surface area contributed by atoms with Gasteiger partial charge in [-0.3, -0.25) is 9.79 Å². The van der Waals surface area contributed by atoms with Crippen LogP contribution in [0, 0.1) is 11.7 Å². The molecule has 3 atom stereocenters. The lowest BCUT2D eigenvalue weighted by molar-refractivity contribution is -0.0812. The Bertz CT molecular complexity index is 1040. The molecule has 1 aromatic heterocycles. The van der Waals surface area contributed by atoms with E-state index < -0.39 is 24.1 Å². The second-order valence-corrected chi connectivity index (χ2v) is 8.68. The molecule has 3 heterocycles. The van der Waals surface area contributed by atoms with Crippen molar-refractivity contribution in [3.63, 3.8) is 0 Å². The number of hydrogen-bond donors (Lipinski definition) is 2. The molecule has 2 aliphatic rings. The third-order valence-electron chi connectivity index (χ3n) is 5.60. The third kappa shape index (κ3) is 4.92. The van der Waals surface area contributed by atoms with Gasteiger partial charge in [0, 0.05) is 36.5 Å². The van der Waals surface area contributed by atoms with E-state index in [2.05, 4.69) is 20.0 Å². The van der Waals surface area contributed by atoms with Gasteiger partial charge in [0.05, 0.1) is 37.3 Å². The number of ether oxygens (including phenoxy) is 3. The number of aromatic nitrogens is 2. The first-order valence-corrected chi connectivity index (χ1v) is 11.1. The largest absolute Gasteiger partial charge is 0.445 e. The molecule has 176 valence electrons. The van der Waals surface area contributed by atoms with Crippen molar-refractivity contribution in [3.05, 3.63) is 47.7 Å². The number of nitrogens with two attached hydrogens (primary N) is 1. The van der Waals surface area contributed by atoms with E-state index in [-0.39, 0.29) is 23.6 Å². The second kappa shape index (κ2) is 9.98. The van der Waals surface area contributed by atoms with E-state index in [9.17, 15) is 9.18 Å². The Labute approximate surface area is 193 Å². The molecule has 1 amide bonds. The van der Waals surface area contributed by atoms with Crippen LogP contribution in [0.5, 0.6) is 5.88 Å². The van der Waals surface area contributed by atoms with E-state index in [1.807, 2.05) is 0 Å². The molecule has 0 radical (unpaired) electrons. The predicted octanol–water partition coefficient (Wildman–Crippen LogP) is 2.48. The molecule has 2 aromatic rings. The fourth-order valence-electron chi connectivity index (χ4n) is 4.08. The molecule has 1 aromatic carbocycles. The van der Waals surface area contributed by atoms with Crippen LogP contribution in [0.15, 0.2) is 35.6 Å². The summed E-state index contributed by atoms with van der Waals surface area (Å²) in [6, 6.07) is 4.30. The molecule has 2 aliphatic heterocycles. The number of methoxy groups -OCH3 is 1. The Morgan fingerprint density at radius 3 is 2.97 bits per heavy atom. The Morgan fingerprint density at radius 1 is 1.39 bits per heavy atom. The summed E-state index contributed by atoms with van der Waals surface area (Å²) in [5.74, 6) is -0.524. The summed E-state index contributed by atoms with van der Waals surface area (Å²) in [6.07, 6.45) is 2.42. The highest BCUT2D eigenvalue weighted by Gasteiger charge is 2.49. The van der Waals surface area contributed by atoms with E-state index in [4.69, 9.17) is 20.2 Å². The topological polar surface area (TPSA) is 121 Å². The summed E-state index contributed by atoms with van der Waals surface area (Å²) >= 11 is 1.41. The van der Waals surface area contributed by atoms with E-state index in [0.29, 0.717) is 41.8 Å². The first-order valence-electron chi connectivity index (χ1n) is 10.2. The van der Waals surface area contributed by atoms with Crippen LogP contribution in [0.2, 0.25) is 0 Å². The van der Waals surface area contributed by atoms with Crippen LogP contribution in [-0.4, -0.2) is 60.1 Å². The lowest BCUT2D eigenvalue weighted by Crippen LogP contribution is -2.50. The Balaban J connectivity index is 1.64. The zero-order chi connectivity index (χ0) is 23.4. The predicted molar refractivity (Wildman–Crippen MR) is 118 cm³/mol. The number of rotatable bonds is 7. The summed E-state index contributed by atoms with van der Waals surface area (Å²) in [7, 11) is 1.58. The van der Waals surface area contributed by atoms with Crippen molar-refractivity contribution in [1.82, 2.24) is 9.97 Å². The number of alkyl halides is 1. The minimum absolute atomic E-state index is 0.00863. The number of fused-ring (bicyclic) bond motifs is 1. The van der Waals surface area contributed by atoms with Crippen LogP contribution < -0.4 is 15.8 Å². The Hall–Kier alpha value is -2.83. The first kappa shape index (κ1) is 23.3. The maximum atomic E-state index is 15.2. The van der Waals surface area contributed by atoms with Crippen molar-refractivity contribution in [1.29, 1.82) is 0 Å². The van der Waals surface area contributed by atoms with Crippen molar-refractivity contribution in [2.45, 2.75) is 18.1 Å². The van der Waals surface area contributed by atoms with Crippen molar-refractivity contribution in [2.75, 3.05) is 38.3 Å². The average Bonchev–Trinajstić information content (AvgIpc) is 2.81. The number of amidine groups is 1. The summed E-state index contributed by atoms with van der Waals surface area (Å²) in [6.45, 7) is -0.324. The van der Waals surface area contributed by atoms with Gasteiger partial charge in [-0.2, -0.15) is 0 Å². The molecule has 4 rings (SSSR count). The van der Waals surface area contributed by atoms with Crippen LogP contribution in [0.25, 0.3) is 0 Å². The van der Waals surface area contributed by atoms with Gasteiger partial charge in [-0.1, -0.05) is 11.8 Å². The number of amides is 1. The maximum Gasteiger partial charge on any atom is 0.275 e. The Kier molecular flexibility index (Phi) is 7.05. The fourth-order valence-corrected chi connectivity index (χ4v) is 5.05. The zero-order valence-corrected chi connectivity index (χ0v) is 18.6. The number of aliphatic imine (C=N–C) groups is 1. The van der Waals surface area contributed by atoms with Crippen molar-refractivity contribution >= 4 is 28.5 Å². The molecule has 0 bridgehead atoms. The highest BCUT2D eigenvalue weighted by molar-refractivity contribution is 8.13. The molecule has 0 aliphatic carbocycles.